The zero-order valence-corrected chi connectivity index (χ0v) is 13.3. The maximum atomic E-state index is 12.7. The molecule has 0 saturated heterocycles. The molecule has 1 aromatic heterocycles. The largest absolute Gasteiger partial charge is 0.387 e. The summed E-state index contributed by atoms with van der Waals surface area (Å²) < 4.78 is 2.52. The highest BCUT2D eigenvalue weighted by Crippen LogP contribution is 2.16. The molecule has 0 spiro atoms. The zero-order chi connectivity index (χ0) is 17.1. The molecule has 1 unspecified atom stereocenters. The predicted octanol–water partition coefficient (Wildman–Crippen LogP) is 1.34. The first-order chi connectivity index (χ1) is 11.6. The van der Waals surface area contributed by atoms with Crippen LogP contribution in [0.3, 0.4) is 0 Å². The number of fused-ring (bicyclic) bond motifs is 1. The van der Waals surface area contributed by atoms with E-state index in [9.17, 15) is 20.0 Å². The van der Waals surface area contributed by atoms with Gasteiger partial charge in [-0.3, -0.25) is 13.9 Å². The Morgan fingerprint density at radius 2 is 1.92 bits per heavy atom. The summed E-state index contributed by atoms with van der Waals surface area (Å²) in [4.78, 5) is 25.3. The number of benzene rings is 1. The lowest BCUT2D eigenvalue weighted by Crippen LogP contribution is -2.44. The predicted molar refractivity (Wildman–Crippen MR) is 88.6 cm³/mol. The normalized spacial score (nSPS) is 15.2. The fourth-order valence-corrected chi connectivity index (χ4v) is 3.20. The lowest BCUT2D eigenvalue weighted by atomic mass is 10.1. The van der Waals surface area contributed by atoms with E-state index in [1.54, 1.807) is 24.3 Å². The van der Waals surface area contributed by atoms with Gasteiger partial charge in [0.25, 0.3) is 5.56 Å². The van der Waals surface area contributed by atoms with Crippen LogP contribution in [0.15, 0.2) is 39.9 Å². The SMILES string of the molecule is N#Cc1c2n(c(=O)n(CC(O)c3ccccc3)c1=O)CCCCC2. The van der Waals surface area contributed by atoms with E-state index in [0.717, 1.165) is 23.8 Å². The van der Waals surface area contributed by atoms with Crippen LogP contribution in [0, 0.1) is 11.3 Å². The molecule has 2 aromatic rings. The first-order valence-electron chi connectivity index (χ1n) is 8.13. The van der Waals surface area contributed by atoms with E-state index in [-0.39, 0.29) is 12.1 Å². The Hall–Kier alpha value is -2.65. The Morgan fingerprint density at radius 1 is 1.17 bits per heavy atom. The van der Waals surface area contributed by atoms with Crippen LogP contribution in [0.2, 0.25) is 0 Å². The van der Waals surface area contributed by atoms with Gasteiger partial charge < -0.3 is 5.11 Å². The van der Waals surface area contributed by atoms with E-state index in [0.29, 0.717) is 24.2 Å². The molecular weight excluding hydrogens is 306 g/mol. The maximum absolute atomic E-state index is 12.7. The number of hydrogen-bond acceptors (Lipinski definition) is 4. The molecule has 1 aromatic carbocycles. The van der Waals surface area contributed by atoms with Crippen LogP contribution in [0.5, 0.6) is 0 Å². The Balaban J connectivity index is 2.09. The minimum absolute atomic E-state index is 0.0248. The van der Waals surface area contributed by atoms with Crippen LogP contribution in [-0.4, -0.2) is 14.2 Å². The van der Waals surface area contributed by atoms with Crippen LogP contribution in [0.1, 0.15) is 42.2 Å². The van der Waals surface area contributed by atoms with Gasteiger partial charge in [0, 0.05) is 12.2 Å². The van der Waals surface area contributed by atoms with Gasteiger partial charge in [-0.05, 0) is 24.8 Å². The standard InChI is InChI=1S/C18H19N3O3/c19-11-14-15-9-5-2-6-10-20(15)18(24)21(17(14)23)12-16(22)13-7-3-1-4-8-13/h1,3-4,7-8,16,22H,2,5-6,9-10,12H2. The number of aromatic nitrogens is 2. The summed E-state index contributed by atoms with van der Waals surface area (Å²) in [7, 11) is 0. The first-order valence-corrected chi connectivity index (χ1v) is 8.13. The lowest BCUT2D eigenvalue weighted by molar-refractivity contribution is 0.152. The van der Waals surface area contributed by atoms with E-state index in [1.807, 2.05) is 12.1 Å². The highest BCUT2D eigenvalue weighted by molar-refractivity contribution is 5.32. The number of nitrogens with zero attached hydrogens (tertiary/aromatic N) is 3. The van der Waals surface area contributed by atoms with Gasteiger partial charge in [-0.15, -0.1) is 0 Å². The molecule has 0 aliphatic carbocycles. The molecule has 1 aliphatic rings. The topological polar surface area (TPSA) is 88.0 Å². The Morgan fingerprint density at radius 3 is 2.62 bits per heavy atom. The average Bonchev–Trinajstić information content (AvgIpc) is 2.86. The Labute approximate surface area is 139 Å². The van der Waals surface area contributed by atoms with Crippen molar-refractivity contribution >= 4 is 0 Å². The van der Waals surface area contributed by atoms with Crippen molar-refractivity contribution in [2.45, 2.75) is 44.9 Å². The van der Waals surface area contributed by atoms with Gasteiger partial charge in [-0.25, -0.2) is 4.79 Å². The molecule has 1 N–H and O–H groups in total. The number of aliphatic hydroxyl groups excluding tert-OH is 1. The molecule has 0 bridgehead atoms. The Kier molecular flexibility index (Phi) is 4.63. The summed E-state index contributed by atoms with van der Waals surface area (Å²) in [6.45, 7) is 0.348. The van der Waals surface area contributed by atoms with E-state index < -0.39 is 17.4 Å². The summed E-state index contributed by atoms with van der Waals surface area (Å²) in [5.74, 6) is 0. The number of hydrogen-bond donors (Lipinski definition) is 1. The summed E-state index contributed by atoms with van der Waals surface area (Å²) >= 11 is 0. The summed E-state index contributed by atoms with van der Waals surface area (Å²) in [5, 5.41) is 19.7. The second-order valence-corrected chi connectivity index (χ2v) is 6.02. The van der Waals surface area contributed by atoms with Gasteiger partial charge in [0.05, 0.1) is 12.6 Å². The molecule has 6 heteroatoms. The average molecular weight is 325 g/mol. The molecule has 1 aliphatic heterocycles. The first kappa shape index (κ1) is 16.2. The van der Waals surface area contributed by atoms with Gasteiger partial charge in [0.2, 0.25) is 0 Å². The molecule has 6 nitrogen and oxygen atoms in total. The molecule has 0 saturated carbocycles. The van der Waals surface area contributed by atoms with Crippen LogP contribution >= 0.6 is 0 Å². The molecular formula is C18H19N3O3. The van der Waals surface area contributed by atoms with Gasteiger partial charge in [-0.2, -0.15) is 5.26 Å². The van der Waals surface area contributed by atoms with Crippen LogP contribution < -0.4 is 11.2 Å². The van der Waals surface area contributed by atoms with E-state index >= 15 is 0 Å². The second kappa shape index (κ2) is 6.85. The third-order valence-electron chi connectivity index (χ3n) is 4.48. The maximum Gasteiger partial charge on any atom is 0.331 e. The van der Waals surface area contributed by atoms with E-state index in [1.165, 1.54) is 4.57 Å². The highest BCUT2D eigenvalue weighted by atomic mass is 16.3. The zero-order valence-electron chi connectivity index (χ0n) is 13.3. The third-order valence-corrected chi connectivity index (χ3v) is 4.48. The van der Waals surface area contributed by atoms with Crippen molar-refractivity contribution in [1.82, 2.24) is 9.13 Å². The van der Waals surface area contributed by atoms with Crippen molar-refractivity contribution in [2.24, 2.45) is 0 Å². The van der Waals surface area contributed by atoms with Gasteiger partial charge >= 0.3 is 5.69 Å². The van der Waals surface area contributed by atoms with Crippen molar-refractivity contribution in [1.29, 1.82) is 5.26 Å². The van der Waals surface area contributed by atoms with Gasteiger partial charge in [0.15, 0.2) is 0 Å². The van der Waals surface area contributed by atoms with E-state index in [4.69, 9.17) is 0 Å². The second-order valence-electron chi connectivity index (χ2n) is 6.02. The van der Waals surface area contributed by atoms with Crippen molar-refractivity contribution in [3.63, 3.8) is 0 Å². The monoisotopic (exact) mass is 325 g/mol. The molecule has 24 heavy (non-hydrogen) atoms. The van der Waals surface area contributed by atoms with Crippen molar-refractivity contribution in [3.8, 4) is 6.07 Å². The molecule has 0 fully saturated rings. The fourth-order valence-electron chi connectivity index (χ4n) is 3.20. The summed E-state index contributed by atoms with van der Waals surface area (Å²) in [6.07, 6.45) is 2.26. The van der Waals surface area contributed by atoms with Gasteiger partial charge in [0.1, 0.15) is 11.6 Å². The number of aliphatic hydroxyl groups is 1. The van der Waals surface area contributed by atoms with Crippen LogP contribution in [0.4, 0.5) is 0 Å². The van der Waals surface area contributed by atoms with Crippen LogP contribution in [-0.2, 0) is 19.5 Å². The quantitative estimate of drug-likeness (QED) is 0.922. The Bertz CT molecular complexity index is 891. The third kappa shape index (κ3) is 2.91. The van der Waals surface area contributed by atoms with Crippen LogP contribution in [0.25, 0.3) is 0 Å². The molecule has 3 rings (SSSR count). The number of rotatable bonds is 3. The molecule has 0 radical (unpaired) electrons. The molecule has 2 heterocycles. The molecule has 124 valence electrons. The van der Waals surface area contributed by atoms with Crippen molar-refractivity contribution in [2.75, 3.05) is 0 Å². The van der Waals surface area contributed by atoms with E-state index in [2.05, 4.69) is 0 Å². The van der Waals surface area contributed by atoms with Crippen molar-refractivity contribution in [3.05, 3.63) is 68.0 Å². The molecule has 1 atom stereocenters. The summed E-state index contributed by atoms with van der Waals surface area (Å²) in [5.41, 5.74) is 0.144. The lowest BCUT2D eigenvalue weighted by Gasteiger charge is -2.17. The summed E-state index contributed by atoms with van der Waals surface area (Å²) in [6, 6.07) is 10.8. The smallest absolute Gasteiger partial charge is 0.331 e. The highest BCUT2D eigenvalue weighted by Gasteiger charge is 2.22. The van der Waals surface area contributed by atoms with Gasteiger partial charge in [-0.1, -0.05) is 36.8 Å². The minimum atomic E-state index is -0.979. The van der Waals surface area contributed by atoms with Crippen molar-refractivity contribution < 1.29 is 5.11 Å². The molecule has 0 amide bonds. The minimum Gasteiger partial charge on any atom is -0.387 e. The fraction of sp³-hybridized carbons (Fsp3) is 0.389. The number of nitriles is 1.